The Balaban J connectivity index is 2.01. The highest BCUT2D eigenvalue weighted by Crippen LogP contribution is 2.26. The van der Waals surface area contributed by atoms with Crippen LogP contribution in [-0.2, 0) is 0 Å². The fourth-order valence-electron chi connectivity index (χ4n) is 1.71. The largest absolute Gasteiger partial charge is 0.504 e. The summed E-state index contributed by atoms with van der Waals surface area (Å²) in [6, 6.07) is 8.26. The maximum Gasteiger partial charge on any atom is 0.272 e. The Hall–Kier alpha value is -2.89. The minimum atomic E-state index is -0.340. The maximum atomic E-state index is 11.8. The van der Waals surface area contributed by atoms with Crippen LogP contribution in [0.1, 0.15) is 28.5 Å². The first-order valence-electron chi connectivity index (χ1n) is 6.82. The van der Waals surface area contributed by atoms with Gasteiger partial charge in [0.05, 0.1) is 18.4 Å². The maximum absolute atomic E-state index is 11.8. The SMILES string of the molecule is CCOc1cc(/C=N/NC(=O)c2ccc(C)nc2)ccc1O. The molecule has 1 amide bonds. The highest BCUT2D eigenvalue weighted by molar-refractivity contribution is 5.94. The summed E-state index contributed by atoms with van der Waals surface area (Å²) in [6.07, 6.45) is 2.97. The standard InChI is InChI=1S/C16H17N3O3/c1-3-22-15-8-12(5-7-14(15)20)9-18-19-16(21)13-6-4-11(2)17-10-13/h4-10,20H,3H2,1-2H3,(H,19,21)/b18-9+. The lowest BCUT2D eigenvalue weighted by atomic mass is 10.2. The molecular weight excluding hydrogens is 282 g/mol. The van der Waals surface area contributed by atoms with Crippen molar-refractivity contribution in [2.75, 3.05) is 6.61 Å². The second kappa shape index (κ2) is 7.21. The Morgan fingerprint density at radius 1 is 1.41 bits per heavy atom. The first kappa shape index (κ1) is 15.5. The van der Waals surface area contributed by atoms with E-state index in [9.17, 15) is 9.90 Å². The van der Waals surface area contributed by atoms with Gasteiger partial charge >= 0.3 is 0 Å². The monoisotopic (exact) mass is 299 g/mol. The van der Waals surface area contributed by atoms with Crippen LogP contribution < -0.4 is 10.2 Å². The molecule has 22 heavy (non-hydrogen) atoms. The Bertz CT molecular complexity index is 682. The number of nitrogens with one attached hydrogen (secondary N) is 1. The van der Waals surface area contributed by atoms with Gasteiger partial charge in [-0.3, -0.25) is 9.78 Å². The summed E-state index contributed by atoms with van der Waals surface area (Å²) >= 11 is 0. The van der Waals surface area contributed by atoms with E-state index in [1.54, 1.807) is 24.3 Å². The van der Waals surface area contributed by atoms with E-state index in [0.29, 0.717) is 23.5 Å². The average Bonchev–Trinajstić information content (AvgIpc) is 2.51. The fourth-order valence-corrected chi connectivity index (χ4v) is 1.71. The molecule has 0 saturated carbocycles. The molecule has 6 nitrogen and oxygen atoms in total. The Morgan fingerprint density at radius 3 is 2.91 bits per heavy atom. The lowest BCUT2D eigenvalue weighted by Gasteiger charge is -2.06. The summed E-state index contributed by atoms with van der Waals surface area (Å²) in [5.41, 5.74) is 4.39. The summed E-state index contributed by atoms with van der Waals surface area (Å²) in [7, 11) is 0. The lowest BCUT2D eigenvalue weighted by Crippen LogP contribution is -2.17. The minimum Gasteiger partial charge on any atom is -0.504 e. The van der Waals surface area contributed by atoms with Crippen molar-refractivity contribution in [1.82, 2.24) is 10.4 Å². The Morgan fingerprint density at radius 2 is 2.23 bits per heavy atom. The summed E-state index contributed by atoms with van der Waals surface area (Å²) in [6.45, 7) is 4.13. The summed E-state index contributed by atoms with van der Waals surface area (Å²) in [5, 5.41) is 13.5. The van der Waals surface area contributed by atoms with E-state index in [2.05, 4.69) is 15.5 Å². The number of phenolic OH excluding ortho intramolecular Hbond substituents is 1. The number of hydrogen-bond donors (Lipinski definition) is 2. The molecule has 0 aliphatic carbocycles. The van der Waals surface area contributed by atoms with Gasteiger partial charge in [-0.05, 0) is 49.7 Å². The zero-order valence-electron chi connectivity index (χ0n) is 12.4. The molecule has 1 aromatic heterocycles. The third-order valence-corrected chi connectivity index (χ3v) is 2.84. The molecule has 0 spiro atoms. The van der Waals surface area contributed by atoms with Crippen molar-refractivity contribution in [1.29, 1.82) is 0 Å². The molecule has 0 radical (unpaired) electrons. The number of ether oxygens (including phenoxy) is 1. The number of carbonyl (C=O) groups excluding carboxylic acids is 1. The number of phenols is 1. The summed E-state index contributed by atoms with van der Waals surface area (Å²) in [4.78, 5) is 15.9. The molecule has 0 saturated heterocycles. The van der Waals surface area contributed by atoms with Crippen LogP contribution in [-0.4, -0.2) is 28.8 Å². The molecule has 0 bridgehead atoms. The van der Waals surface area contributed by atoms with E-state index in [4.69, 9.17) is 4.74 Å². The average molecular weight is 299 g/mol. The van der Waals surface area contributed by atoms with Crippen LogP contribution in [0.4, 0.5) is 0 Å². The van der Waals surface area contributed by atoms with Crippen LogP contribution >= 0.6 is 0 Å². The molecule has 0 aliphatic rings. The molecule has 2 aromatic rings. The first-order chi connectivity index (χ1) is 10.6. The topological polar surface area (TPSA) is 83.8 Å². The Kier molecular flexibility index (Phi) is 5.08. The van der Waals surface area contributed by atoms with Gasteiger partial charge in [0.25, 0.3) is 5.91 Å². The number of hydrogen-bond acceptors (Lipinski definition) is 5. The van der Waals surface area contributed by atoms with Crippen LogP contribution in [0.3, 0.4) is 0 Å². The third-order valence-electron chi connectivity index (χ3n) is 2.84. The number of amides is 1. The van der Waals surface area contributed by atoms with E-state index in [-0.39, 0.29) is 11.7 Å². The summed E-state index contributed by atoms with van der Waals surface area (Å²) in [5.74, 6) is 0.0989. The van der Waals surface area contributed by atoms with Gasteiger partial charge in [-0.15, -0.1) is 0 Å². The molecule has 2 N–H and O–H groups in total. The predicted octanol–water partition coefficient (Wildman–Crippen LogP) is 2.26. The van der Waals surface area contributed by atoms with Crippen molar-refractivity contribution >= 4 is 12.1 Å². The van der Waals surface area contributed by atoms with Crippen LogP contribution in [0.2, 0.25) is 0 Å². The molecule has 6 heteroatoms. The van der Waals surface area contributed by atoms with Gasteiger partial charge in [0.15, 0.2) is 11.5 Å². The van der Waals surface area contributed by atoms with Crippen LogP contribution in [0, 0.1) is 6.92 Å². The number of rotatable bonds is 5. The first-order valence-corrected chi connectivity index (χ1v) is 6.82. The zero-order valence-corrected chi connectivity index (χ0v) is 12.4. The molecule has 1 heterocycles. The minimum absolute atomic E-state index is 0.0637. The number of carbonyl (C=O) groups is 1. The number of aromatic nitrogens is 1. The number of aryl methyl sites for hydroxylation is 1. The van der Waals surface area contributed by atoms with Crippen LogP contribution in [0.5, 0.6) is 11.5 Å². The van der Waals surface area contributed by atoms with Crippen LogP contribution in [0.25, 0.3) is 0 Å². The highest BCUT2D eigenvalue weighted by Gasteiger charge is 2.04. The highest BCUT2D eigenvalue weighted by atomic mass is 16.5. The van der Waals surface area contributed by atoms with Crippen molar-refractivity contribution in [3.8, 4) is 11.5 Å². The molecule has 114 valence electrons. The van der Waals surface area contributed by atoms with E-state index >= 15 is 0 Å². The molecular formula is C16H17N3O3. The number of benzene rings is 1. The summed E-state index contributed by atoms with van der Waals surface area (Å²) < 4.78 is 5.28. The van der Waals surface area contributed by atoms with Gasteiger partial charge in [-0.2, -0.15) is 5.10 Å². The molecule has 0 atom stereocenters. The van der Waals surface area contributed by atoms with Gasteiger partial charge in [-0.1, -0.05) is 0 Å². The van der Waals surface area contributed by atoms with Crippen molar-refractivity contribution in [3.63, 3.8) is 0 Å². The molecule has 0 unspecified atom stereocenters. The number of pyridine rings is 1. The van der Waals surface area contributed by atoms with E-state index in [0.717, 1.165) is 5.69 Å². The molecule has 2 rings (SSSR count). The zero-order chi connectivity index (χ0) is 15.9. The van der Waals surface area contributed by atoms with Crippen molar-refractivity contribution < 1.29 is 14.6 Å². The third kappa shape index (κ3) is 4.05. The predicted molar refractivity (Wildman–Crippen MR) is 83.3 cm³/mol. The lowest BCUT2D eigenvalue weighted by molar-refractivity contribution is 0.0955. The second-order valence-electron chi connectivity index (χ2n) is 4.55. The van der Waals surface area contributed by atoms with Crippen molar-refractivity contribution in [2.45, 2.75) is 13.8 Å². The van der Waals surface area contributed by atoms with Gasteiger partial charge in [-0.25, -0.2) is 5.43 Å². The number of hydrazone groups is 1. The Labute approximate surface area is 128 Å². The normalized spacial score (nSPS) is 10.6. The van der Waals surface area contributed by atoms with E-state index < -0.39 is 0 Å². The second-order valence-corrected chi connectivity index (χ2v) is 4.55. The van der Waals surface area contributed by atoms with Crippen molar-refractivity contribution in [3.05, 3.63) is 53.3 Å². The molecule has 0 fully saturated rings. The molecule has 1 aromatic carbocycles. The van der Waals surface area contributed by atoms with E-state index in [1.807, 2.05) is 13.8 Å². The quantitative estimate of drug-likeness (QED) is 0.655. The fraction of sp³-hybridized carbons (Fsp3) is 0.188. The number of aromatic hydroxyl groups is 1. The number of nitrogens with zero attached hydrogens (tertiary/aromatic N) is 2. The molecule has 0 aliphatic heterocycles. The van der Waals surface area contributed by atoms with E-state index in [1.165, 1.54) is 18.5 Å². The van der Waals surface area contributed by atoms with Gasteiger partial charge in [0.1, 0.15) is 0 Å². The van der Waals surface area contributed by atoms with Crippen LogP contribution in [0.15, 0.2) is 41.6 Å². The van der Waals surface area contributed by atoms with Gasteiger partial charge < -0.3 is 9.84 Å². The van der Waals surface area contributed by atoms with Gasteiger partial charge in [0, 0.05) is 11.9 Å². The van der Waals surface area contributed by atoms with Crippen molar-refractivity contribution in [2.24, 2.45) is 5.10 Å². The van der Waals surface area contributed by atoms with Gasteiger partial charge in [0.2, 0.25) is 0 Å². The smallest absolute Gasteiger partial charge is 0.272 e.